The predicted octanol–water partition coefficient (Wildman–Crippen LogP) is 2.15. The second-order valence-electron chi connectivity index (χ2n) is 6.04. The van der Waals surface area contributed by atoms with Crippen molar-refractivity contribution in [3.8, 4) is 0 Å². The van der Waals surface area contributed by atoms with Gasteiger partial charge in [-0.25, -0.2) is 0 Å². The molecule has 4 nitrogen and oxygen atoms in total. The average molecular weight is 238 g/mol. The van der Waals surface area contributed by atoms with Gasteiger partial charge in [-0.2, -0.15) is 5.10 Å². The van der Waals surface area contributed by atoms with Crippen molar-refractivity contribution in [3.05, 3.63) is 11.8 Å². The van der Waals surface area contributed by atoms with Crippen molar-refractivity contribution in [2.45, 2.75) is 34.1 Å². The summed E-state index contributed by atoms with van der Waals surface area (Å²) in [5.74, 6) is 1.57. The SMILES string of the molecule is Cc1cc(NCC(CN)CC(C)(C)C)n(C)n1. The first-order valence-corrected chi connectivity index (χ1v) is 6.26. The molecule has 0 aliphatic carbocycles. The number of hydrogen-bond acceptors (Lipinski definition) is 3. The van der Waals surface area contributed by atoms with Gasteiger partial charge in [-0.3, -0.25) is 4.68 Å². The summed E-state index contributed by atoms with van der Waals surface area (Å²) >= 11 is 0. The maximum Gasteiger partial charge on any atom is 0.124 e. The molecule has 0 spiro atoms. The van der Waals surface area contributed by atoms with Gasteiger partial charge in [0.25, 0.3) is 0 Å². The zero-order valence-corrected chi connectivity index (χ0v) is 11.7. The monoisotopic (exact) mass is 238 g/mol. The first kappa shape index (κ1) is 14.0. The molecule has 0 saturated heterocycles. The summed E-state index contributed by atoms with van der Waals surface area (Å²) in [7, 11) is 1.95. The molecule has 17 heavy (non-hydrogen) atoms. The van der Waals surface area contributed by atoms with Crippen LogP contribution in [0.4, 0.5) is 5.82 Å². The molecule has 1 atom stereocenters. The number of nitrogens with one attached hydrogen (secondary N) is 1. The van der Waals surface area contributed by atoms with Crippen LogP contribution >= 0.6 is 0 Å². The molecule has 0 saturated carbocycles. The van der Waals surface area contributed by atoms with Crippen molar-refractivity contribution in [1.29, 1.82) is 0 Å². The highest BCUT2D eigenvalue weighted by molar-refractivity contribution is 5.36. The van der Waals surface area contributed by atoms with Crippen LogP contribution < -0.4 is 11.1 Å². The number of nitrogens with zero attached hydrogens (tertiary/aromatic N) is 2. The molecule has 4 heteroatoms. The van der Waals surface area contributed by atoms with Crippen molar-refractivity contribution in [1.82, 2.24) is 9.78 Å². The topological polar surface area (TPSA) is 55.9 Å². The van der Waals surface area contributed by atoms with Gasteiger partial charge in [0.2, 0.25) is 0 Å². The Morgan fingerprint density at radius 1 is 1.47 bits per heavy atom. The Balaban J connectivity index is 2.50. The lowest BCUT2D eigenvalue weighted by molar-refractivity contribution is 0.305. The maximum absolute atomic E-state index is 5.82. The zero-order valence-electron chi connectivity index (χ0n) is 11.7. The van der Waals surface area contributed by atoms with E-state index >= 15 is 0 Å². The maximum atomic E-state index is 5.82. The summed E-state index contributed by atoms with van der Waals surface area (Å²) in [6, 6.07) is 2.06. The smallest absolute Gasteiger partial charge is 0.124 e. The first-order valence-electron chi connectivity index (χ1n) is 6.26. The van der Waals surface area contributed by atoms with E-state index in [1.54, 1.807) is 0 Å². The molecule has 0 bridgehead atoms. The number of rotatable bonds is 5. The van der Waals surface area contributed by atoms with E-state index in [9.17, 15) is 0 Å². The van der Waals surface area contributed by atoms with Gasteiger partial charge < -0.3 is 11.1 Å². The van der Waals surface area contributed by atoms with Crippen molar-refractivity contribution < 1.29 is 0 Å². The van der Waals surface area contributed by atoms with Crippen LogP contribution in [0.3, 0.4) is 0 Å². The van der Waals surface area contributed by atoms with E-state index in [1.165, 1.54) is 0 Å². The number of aryl methyl sites for hydroxylation is 2. The van der Waals surface area contributed by atoms with E-state index in [1.807, 2.05) is 18.7 Å². The highest BCUT2D eigenvalue weighted by atomic mass is 15.3. The Morgan fingerprint density at radius 2 is 2.12 bits per heavy atom. The second-order valence-corrected chi connectivity index (χ2v) is 6.04. The van der Waals surface area contributed by atoms with Crippen LogP contribution in [0, 0.1) is 18.3 Å². The summed E-state index contributed by atoms with van der Waals surface area (Å²) in [6.45, 7) is 10.4. The fourth-order valence-corrected chi connectivity index (χ4v) is 2.13. The fourth-order valence-electron chi connectivity index (χ4n) is 2.13. The van der Waals surface area contributed by atoms with Crippen LogP contribution in [0.15, 0.2) is 6.07 Å². The summed E-state index contributed by atoms with van der Waals surface area (Å²) in [5.41, 5.74) is 7.19. The van der Waals surface area contributed by atoms with Crippen molar-refractivity contribution in [3.63, 3.8) is 0 Å². The molecule has 3 N–H and O–H groups in total. The van der Waals surface area contributed by atoms with Gasteiger partial charge in [-0.1, -0.05) is 20.8 Å². The Morgan fingerprint density at radius 3 is 2.53 bits per heavy atom. The molecule has 0 aliphatic rings. The largest absolute Gasteiger partial charge is 0.370 e. The van der Waals surface area contributed by atoms with Gasteiger partial charge in [0.15, 0.2) is 0 Å². The minimum absolute atomic E-state index is 0.327. The molecule has 0 radical (unpaired) electrons. The Labute approximate surface area is 105 Å². The summed E-state index contributed by atoms with van der Waals surface area (Å²) in [6.07, 6.45) is 1.13. The lowest BCUT2D eigenvalue weighted by atomic mass is 9.84. The Bertz CT molecular complexity index is 349. The van der Waals surface area contributed by atoms with E-state index in [-0.39, 0.29) is 0 Å². The molecule has 1 aromatic rings. The molecular formula is C13H26N4. The Hall–Kier alpha value is -1.03. The van der Waals surface area contributed by atoms with E-state index in [4.69, 9.17) is 5.73 Å². The lowest BCUT2D eigenvalue weighted by Crippen LogP contribution is -2.27. The van der Waals surface area contributed by atoms with Gasteiger partial charge in [-0.05, 0) is 31.2 Å². The van der Waals surface area contributed by atoms with E-state index in [2.05, 4.69) is 37.3 Å². The third-order valence-corrected chi connectivity index (χ3v) is 2.81. The fraction of sp³-hybridized carbons (Fsp3) is 0.769. The molecule has 0 aliphatic heterocycles. The van der Waals surface area contributed by atoms with Gasteiger partial charge in [0.05, 0.1) is 5.69 Å². The van der Waals surface area contributed by atoms with Gasteiger partial charge in [-0.15, -0.1) is 0 Å². The highest BCUT2D eigenvalue weighted by Crippen LogP contribution is 2.24. The van der Waals surface area contributed by atoms with Crippen molar-refractivity contribution >= 4 is 5.82 Å². The molecule has 0 aromatic carbocycles. The quantitative estimate of drug-likeness (QED) is 0.826. The van der Waals surface area contributed by atoms with E-state index in [0.717, 1.165) is 31.0 Å². The lowest BCUT2D eigenvalue weighted by Gasteiger charge is -2.25. The van der Waals surface area contributed by atoms with Gasteiger partial charge >= 0.3 is 0 Å². The molecule has 0 fully saturated rings. The van der Waals surface area contributed by atoms with Gasteiger partial charge in [0.1, 0.15) is 5.82 Å². The number of aromatic nitrogens is 2. The number of hydrogen-bond donors (Lipinski definition) is 2. The predicted molar refractivity (Wildman–Crippen MR) is 73.1 cm³/mol. The third kappa shape index (κ3) is 4.77. The summed E-state index contributed by atoms with van der Waals surface area (Å²) in [4.78, 5) is 0. The van der Waals surface area contributed by atoms with Crippen LogP contribution in [0.25, 0.3) is 0 Å². The van der Waals surface area contributed by atoms with E-state index in [0.29, 0.717) is 11.3 Å². The molecule has 1 rings (SSSR count). The molecular weight excluding hydrogens is 212 g/mol. The minimum atomic E-state index is 0.327. The summed E-state index contributed by atoms with van der Waals surface area (Å²) < 4.78 is 1.87. The summed E-state index contributed by atoms with van der Waals surface area (Å²) in [5, 5.41) is 7.74. The van der Waals surface area contributed by atoms with Gasteiger partial charge in [0, 0.05) is 19.7 Å². The van der Waals surface area contributed by atoms with Crippen LogP contribution in [0.1, 0.15) is 32.9 Å². The van der Waals surface area contributed by atoms with Crippen molar-refractivity contribution in [2.24, 2.45) is 24.1 Å². The van der Waals surface area contributed by atoms with Crippen LogP contribution in [0.5, 0.6) is 0 Å². The van der Waals surface area contributed by atoms with Crippen LogP contribution in [0.2, 0.25) is 0 Å². The second kappa shape index (κ2) is 5.54. The van der Waals surface area contributed by atoms with E-state index < -0.39 is 0 Å². The normalized spacial score (nSPS) is 13.8. The first-order chi connectivity index (χ1) is 7.81. The molecule has 98 valence electrons. The average Bonchev–Trinajstić information content (AvgIpc) is 2.50. The van der Waals surface area contributed by atoms with Crippen LogP contribution in [-0.2, 0) is 7.05 Å². The minimum Gasteiger partial charge on any atom is -0.370 e. The number of nitrogens with two attached hydrogens (primary N) is 1. The standard InChI is InChI=1S/C13H26N4/c1-10-6-12(17(5)16-10)15-9-11(8-14)7-13(2,3)4/h6,11,15H,7-9,14H2,1-5H3. The molecule has 1 aromatic heterocycles. The molecule has 1 heterocycles. The third-order valence-electron chi connectivity index (χ3n) is 2.81. The Kier molecular flexibility index (Phi) is 4.57. The molecule has 0 amide bonds. The van der Waals surface area contributed by atoms with Crippen LogP contribution in [-0.4, -0.2) is 22.9 Å². The molecule has 1 unspecified atom stereocenters. The van der Waals surface area contributed by atoms with Crippen molar-refractivity contribution in [2.75, 3.05) is 18.4 Å². The highest BCUT2D eigenvalue weighted by Gasteiger charge is 2.17. The number of anilines is 1. The zero-order chi connectivity index (χ0) is 13.1.